The number of hydrogen-bond donors (Lipinski definition) is 2. The summed E-state index contributed by atoms with van der Waals surface area (Å²) in [7, 11) is 0. The Morgan fingerprint density at radius 2 is 1.71 bits per heavy atom. The number of unbranched alkanes of at least 4 members (excludes halogenated alkanes) is 2. The molecule has 0 spiro atoms. The normalized spacial score (nSPS) is 15.3. The molecule has 2 rings (SSSR count). The van der Waals surface area contributed by atoms with Crippen molar-refractivity contribution in [3.05, 3.63) is 24.3 Å². The Kier molecular flexibility index (Phi) is 5.87. The third kappa shape index (κ3) is 4.63. The van der Waals surface area contributed by atoms with Crippen LogP contribution >= 0.6 is 0 Å². The van der Waals surface area contributed by atoms with Crippen molar-refractivity contribution in [3.8, 4) is 5.75 Å². The molecule has 1 fully saturated rings. The molecule has 1 aliphatic heterocycles. The van der Waals surface area contributed by atoms with Crippen molar-refractivity contribution in [3.63, 3.8) is 0 Å². The Hall–Kier alpha value is -1.75. The second kappa shape index (κ2) is 7.88. The van der Waals surface area contributed by atoms with Gasteiger partial charge in [-0.15, -0.1) is 0 Å². The molecule has 0 unspecified atom stereocenters. The van der Waals surface area contributed by atoms with Crippen LogP contribution in [0, 0.1) is 0 Å². The maximum atomic E-state index is 12.1. The minimum Gasteiger partial charge on any atom is -0.508 e. The average molecular weight is 291 g/mol. The number of benzene rings is 1. The number of nitrogens with zero attached hydrogens (tertiary/aromatic N) is 2. The molecule has 1 aliphatic rings. The molecule has 0 aliphatic carbocycles. The highest BCUT2D eigenvalue weighted by Crippen LogP contribution is 2.20. The topological polar surface area (TPSA) is 69.8 Å². The van der Waals surface area contributed by atoms with Crippen LogP contribution in [0.1, 0.15) is 25.7 Å². The molecule has 1 aromatic rings. The molecule has 1 aromatic carbocycles. The van der Waals surface area contributed by atoms with Crippen LogP contribution in [0.4, 0.5) is 5.69 Å². The van der Waals surface area contributed by atoms with Crippen LogP contribution in [0.5, 0.6) is 5.75 Å². The molecule has 0 radical (unpaired) electrons. The molecule has 1 saturated heterocycles. The number of nitrogens with two attached hydrogens (primary N) is 1. The minimum absolute atomic E-state index is 0.261. The molecule has 0 bridgehead atoms. The number of phenolic OH excluding ortho intramolecular Hbond substituents is 1. The van der Waals surface area contributed by atoms with Crippen LogP contribution in [-0.4, -0.2) is 48.6 Å². The zero-order valence-corrected chi connectivity index (χ0v) is 12.5. The van der Waals surface area contributed by atoms with Crippen LogP contribution in [-0.2, 0) is 4.79 Å². The molecule has 21 heavy (non-hydrogen) atoms. The number of carbonyl (C=O) groups excluding carboxylic acids is 1. The van der Waals surface area contributed by atoms with Gasteiger partial charge in [0.25, 0.3) is 0 Å². The van der Waals surface area contributed by atoms with Crippen molar-refractivity contribution < 1.29 is 9.90 Å². The van der Waals surface area contributed by atoms with Gasteiger partial charge in [0, 0.05) is 38.3 Å². The number of aromatic hydroxyl groups is 1. The highest BCUT2D eigenvalue weighted by Gasteiger charge is 2.20. The van der Waals surface area contributed by atoms with E-state index in [1.807, 2.05) is 17.0 Å². The summed E-state index contributed by atoms with van der Waals surface area (Å²) in [4.78, 5) is 16.3. The number of carbonyl (C=O) groups is 1. The summed E-state index contributed by atoms with van der Waals surface area (Å²) in [6.45, 7) is 3.95. The average Bonchev–Trinajstić information content (AvgIpc) is 2.52. The Morgan fingerprint density at radius 3 is 2.33 bits per heavy atom. The van der Waals surface area contributed by atoms with E-state index < -0.39 is 0 Å². The van der Waals surface area contributed by atoms with Gasteiger partial charge in [0.05, 0.1) is 0 Å². The molecule has 5 heteroatoms. The van der Waals surface area contributed by atoms with E-state index in [0.717, 1.165) is 51.1 Å². The van der Waals surface area contributed by atoms with Gasteiger partial charge in [-0.3, -0.25) is 4.79 Å². The van der Waals surface area contributed by atoms with Crippen LogP contribution in [0.15, 0.2) is 24.3 Å². The lowest BCUT2D eigenvalue weighted by Gasteiger charge is -2.36. The van der Waals surface area contributed by atoms with E-state index in [2.05, 4.69) is 4.90 Å². The lowest BCUT2D eigenvalue weighted by atomic mass is 10.1. The molecule has 5 nitrogen and oxygen atoms in total. The number of rotatable bonds is 6. The molecular weight excluding hydrogens is 266 g/mol. The van der Waals surface area contributed by atoms with E-state index in [4.69, 9.17) is 5.73 Å². The number of phenols is 1. The highest BCUT2D eigenvalue weighted by atomic mass is 16.3. The lowest BCUT2D eigenvalue weighted by molar-refractivity contribution is -0.131. The first-order valence-electron chi connectivity index (χ1n) is 7.72. The largest absolute Gasteiger partial charge is 0.508 e. The summed E-state index contributed by atoms with van der Waals surface area (Å²) < 4.78 is 0. The molecule has 0 aromatic heterocycles. The fraction of sp³-hybridized carbons (Fsp3) is 0.562. The zero-order valence-electron chi connectivity index (χ0n) is 12.5. The second-order valence-electron chi connectivity index (χ2n) is 5.48. The van der Waals surface area contributed by atoms with Crippen molar-refractivity contribution in [2.45, 2.75) is 25.7 Å². The number of anilines is 1. The summed E-state index contributed by atoms with van der Waals surface area (Å²) in [5.41, 5.74) is 6.55. The van der Waals surface area contributed by atoms with E-state index in [0.29, 0.717) is 13.0 Å². The summed E-state index contributed by atoms with van der Waals surface area (Å²) in [5.74, 6) is 0.544. The van der Waals surface area contributed by atoms with Crippen LogP contribution in [0.25, 0.3) is 0 Å². The highest BCUT2D eigenvalue weighted by molar-refractivity contribution is 5.76. The monoisotopic (exact) mass is 291 g/mol. The van der Waals surface area contributed by atoms with Crippen molar-refractivity contribution in [1.29, 1.82) is 0 Å². The zero-order chi connectivity index (χ0) is 15.1. The standard InChI is InChI=1S/C16H25N3O2/c17-9-3-1-2-4-16(21)19-12-10-18(11-13-19)14-5-7-15(20)8-6-14/h5-8,20H,1-4,9-13,17H2. The summed E-state index contributed by atoms with van der Waals surface area (Å²) in [6, 6.07) is 7.23. The van der Waals surface area contributed by atoms with E-state index >= 15 is 0 Å². The van der Waals surface area contributed by atoms with Gasteiger partial charge in [0.15, 0.2) is 0 Å². The molecule has 0 saturated carbocycles. The number of hydrogen-bond acceptors (Lipinski definition) is 4. The second-order valence-corrected chi connectivity index (χ2v) is 5.48. The van der Waals surface area contributed by atoms with Crippen molar-refractivity contribution in [2.24, 2.45) is 5.73 Å². The van der Waals surface area contributed by atoms with Crippen molar-refractivity contribution in [2.75, 3.05) is 37.6 Å². The van der Waals surface area contributed by atoms with Crippen molar-refractivity contribution >= 4 is 11.6 Å². The van der Waals surface area contributed by atoms with Crippen LogP contribution in [0.3, 0.4) is 0 Å². The van der Waals surface area contributed by atoms with Gasteiger partial charge in [0.2, 0.25) is 5.91 Å². The van der Waals surface area contributed by atoms with Crippen LogP contribution < -0.4 is 10.6 Å². The maximum Gasteiger partial charge on any atom is 0.222 e. The van der Waals surface area contributed by atoms with Crippen molar-refractivity contribution in [1.82, 2.24) is 4.90 Å². The predicted octanol–water partition coefficient (Wildman–Crippen LogP) is 1.56. The van der Waals surface area contributed by atoms with Gasteiger partial charge in [0.1, 0.15) is 5.75 Å². The summed E-state index contributed by atoms with van der Waals surface area (Å²) >= 11 is 0. The van der Waals surface area contributed by atoms with Gasteiger partial charge in [-0.25, -0.2) is 0 Å². The van der Waals surface area contributed by atoms with Gasteiger partial charge >= 0.3 is 0 Å². The molecule has 3 N–H and O–H groups in total. The van der Waals surface area contributed by atoms with E-state index in [1.54, 1.807) is 12.1 Å². The first-order valence-corrected chi connectivity index (χ1v) is 7.72. The maximum absolute atomic E-state index is 12.1. The first kappa shape index (κ1) is 15.6. The molecular formula is C16H25N3O2. The van der Waals surface area contributed by atoms with Gasteiger partial charge < -0.3 is 20.6 Å². The molecule has 1 heterocycles. The Balaban J connectivity index is 1.75. The molecule has 0 atom stereocenters. The molecule has 116 valence electrons. The minimum atomic E-state index is 0.261. The summed E-state index contributed by atoms with van der Waals surface area (Å²) in [6.07, 6.45) is 3.62. The van der Waals surface area contributed by atoms with Gasteiger partial charge in [-0.2, -0.15) is 0 Å². The van der Waals surface area contributed by atoms with Gasteiger partial charge in [-0.1, -0.05) is 6.42 Å². The number of amides is 1. The fourth-order valence-electron chi connectivity index (χ4n) is 2.63. The number of piperazine rings is 1. The van der Waals surface area contributed by atoms with E-state index in [-0.39, 0.29) is 11.7 Å². The fourth-order valence-corrected chi connectivity index (χ4v) is 2.63. The first-order chi connectivity index (χ1) is 10.2. The SMILES string of the molecule is NCCCCCC(=O)N1CCN(c2ccc(O)cc2)CC1. The smallest absolute Gasteiger partial charge is 0.222 e. The Morgan fingerprint density at radius 1 is 1.05 bits per heavy atom. The lowest BCUT2D eigenvalue weighted by Crippen LogP contribution is -2.48. The third-order valence-corrected chi connectivity index (χ3v) is 3.94. The van der Waals surface area contributed by atoms with Crippen LogP contribution in [0.2, 0.25) is 0 Å². The Labute approximate surface area is 126 Å². The Bertz CT molecular complexity index is 439. The quantitative estimate of drug-likeness (QED) is 0.780. The van der Waals surface area contributed by atoms with E-state index in [1.165, 1.54) is 0 Å². The molecule has 1 amide bonds. The van der Waals surface area contributed by atoms with Gasteiger partial charge in [-0.05, 0) is 43.7 Å². The summed E-state index contributed by atoms with van der Waals surface area (Å²) in [5, 5.41) is 9.31. The third-order valence-electron chi connectivity index (χ3n) is 3.94. The predicted molar refractivity (Wildman–Crippen MR) is 84.4 cm³/mol. The van der Waals surface area contributed by atoms with E-state index in [9.17, 15) is 9.90 Å².